The number of hydrogen-bond donors (Lipinski definition) is 1. The van der Waals surface area contributed by atoms with Gasteiger partial charge in [-0.1, -0.05) is 12.1 Å². The Kier molecular flexibility index (Phi) is 3.61. The molecule has 1 N–H and O–H groups in total. The van der Waals surface area contributed by atoms with Crippen molar-refractivity contribution in [1.82, 2.24) is 15.2 Å². The molecule has 0 atom stereocenters. The fraction of sp³-hybridized carbons (Fsp3) is 0.0667. The molecular formula is C15H10FN3O3. The standard InChI is InChI=1S/C15H10FN3O3/c16-11-4-2-1-3-10(11)13-6-5-9(22-13)7-12(20)14(21)15-17-8-18-19-15/h1-6,8H,7H2,(H,17,18,19). The zero-order valence-electron chi connectivity index (χ0n) is 11.2. The molecule has 0 unspecified atom stereocenters. The molecular weight excluding hydrogens is 289 g/mol. The highest BCUT2D eigenvalue weighted by Crippen LogP contribution is 2.25. The number of nitrogens with zero attached hydrogens (tertiary/aromatic N) is 2. The van der Waals surface area contributed by atoms with Crippen LogP contribution < -0.4 is 0 Å². The van der Waals surface area contributed by atoms with Crippen molar-refractivity contribution in [1.29, 1.82) is 0 Å². The van der Waals surface area contributed by atoms with Crippen LogP contribution in [0.3, 0.4) is 0 Å². The number of halogens is 1. The average molecular weight is 299 g/mol. The van der Waals surface area contributed by atoms with Gasteiger partial charge in [-0.2, -0.15) is 0 Å². The molecule has 0 radical (unpaired) electrons. The molecule has 110 valence electrons. The van der Waals surface area contributed by atoms with Crippen molar-refractivity contribution >= 4 is 11.6 Å². The van der Waals surface area contributed by atoms with E-state index in [1.165, 1.54) is 18.5 Å². The summed E-state index contributed by atoms with van der Waals surface area (Å²) >= 11 is 0. The normalized spacial score (nSPS) is 10.6. The van der Waals surface area contributed by atoms with Crippen molar-refractivity contribution in [3.63, 3.8) is 0 Å². The number of furan rings is 1. The van der Waals surface area contributed by atoms with E-state index < -0.39 is 17.4 Å². The molecule has 2 heterocycles. The number of H-pyrrole nitrogens is 1. The number of ketones is 2. The number of carbonyl (C=O) groups is 2. The Hall–Kier alpha value is -3.09. The molecule has 0 bridgehead atoms. The SMILES string of the molecule is O=C(Cc1ccc(-c2ccccc2F)o1)C(=O)c1nc[nH]n1. The molecule has 0 saturated heterocycles. The number of nitrogens with one attached hydrogen (secondary N) is 1. The van der Waals surface area contributed by atoms with Crippen molar-refractivity contribution in [2.75, 3.05) is 0 Å². The van der Waals surface area contributed by atoms with Crippen LogP contribution in [-0.4, -0.2) is 26.7 Å². The number of benzene rings is 1. The van der Waals surface area contributed by atoms with E-state index in [0.29, 0.717) is 11.3 Å². The second-order valence-corrected chi connectivity index (χ2v) is 4.50. The van der Waals surface area contributed by atoms with Crippen molar-refractivity contribution in [2.45, 2.75) is 6.42 Å². The number of aromatic nitrogens is 3. The van der Waals surface area contributed by atoms with Gasteiger partial charge in [0.05, 0.1) is 12.0 Å². The van der Waals surface area contributed by atoms with E-state index in [1.807, 2.05) is 0 Å². The molecule has 0 fully saturated rings. The third-order valence-corrected chi connectivity index (χ3v) is 3.01. The lowest BCUT2D eigenvalue weighted by atomic mass is 10.1. The van der Waals surface area contributed by atoms with E-state index in [-0.39, 0.29) is 18.0 Å². The quantitative estimate of drug-likeness (QED) is 0.576. The Bertz CT molecular complexity index is 824. The number of aromatic amines is 1. The molecule has 22 heavy (non-hydrogen) atoms. The first-order chi connectivity index (χ1) is 10.6. The predicted octanol–water partition coefficient (Wildman–Crippen LogP) is 2.20. The minimum absolute atomic E-state index is 0.189. The van der Waals surface area contributed by atoms with Gasteiger partial charge >= 0.3 is 0 Å². The summed E-state index contributed by atoms with van der Waals surface area (Å²) in [6.07, 6.45) is 0.978. The lowest BCUT2D eigenvalue weighted by Gasteiger charge is -1.99. The maximum Gasteiger partial charge on any atom is 0.268 e. The van der Waals surface area contributed by atoms with Crippen LogP contribution in [0.2, 0.25) is 0 Å². The number of carbonyl (C=O) groups excluding carboxylic acids is 2. The van der Waals surface area contributed by atoms with Crippen LogP contribution in [0.15, 0.2) is 47.1 Å². The summed E-state index contributed by atoms with van der Waals surface area (Å²) in [5.74, 6) is -1.55. The molecule has 7 heteroatoms. The van der Waals surface area contributed by atoms with E-state index in [0.717, 1.165) is 0 Å². The van der Waals surface area contributed by atoms with Crippen molar-refractivity contribution in [3.8, 4) is 11.3 Å². The third-order valence-electron chi connectivity index (χ3n) is 3.01. The summed E-state index contributed by atoms with van der Waals surface area (Å²) in [6.45, 7) is 0. The number of hydrogen-bond acceptors (Lipinski definition) is 5. The van der Waals surface area contributed by atoms with Crippen molar-refractivity contribution < 1.29 is 18.4 Å². The van der Waals surface area contributed by atoms with Crippen LogP contribution in [0.25, 0.3) is 11.3 Å². The summed E-state index contributed by atoms with van der Waals surface area (Å²) in [5.41, 5.74) is 0.293. The fourth-order valence-corrected chi connectivity index (χ4v) is 1.96. The Morgan fingerprint density at radius 2 is 2.00 bits per heavy atom. The van der Waals surface area contributed by atoms with Gasteiger partial charge in [-0.3, -0.25) is 14.7 Å². The molecule has 2 aromatic heterocycles. The lowest BCUT2D eigenvalue weighted by molar-refractivity contribution is -0.114. The first-order valence-corrected chi connectivity index (χ1v) is 6.42. The highest BCUT2D eigenvalue weighted by molar-refractivity contribution is 6.42. The molecule has 0 spiro atoms. The maximum absolute atomic E-state index is 13.7. The average Bonchev–Trinajstić information content (AvgIpc) is 3.18. The van der Waals surface area contributed by atoms with Gasteiger partial charge in [0.2, 0.25) is 11.6 Å². The molecule has 6 nitrogen and oxygen atoms in total. The van der Waals surface area contributed by atoms with Crippen molar-refractivity contribution in [3.05, 3.63) is 60.1 Å². The monoisotopic (exact) mass is 299 g/mol. The van der Waals surface area contributed by atoms with E-state index in [2.05, 4.69) is 15.2 Å². The second-order valence-electron chi connectivity index (χ2n) is 4.50. The minimum atomic E-state index is -0.801. The highest BCUT2D eigenvalue weighted by atomic mass is 19.1. The fourth-order valence-electron chi connectivity index (χ4n) is 1.96. The number of rotatable bonds is 5. The Morgan fingerprint density at radius 3 is 2.73 bits per heavy atom. The Labute approximate surface area is 124 Å². The van der Waals surface area contributed by atoms with Crippen LogP contribution in [0.1, 0.15) is 16.4 Å². The zero-order chi connectivity index (χ0) is 15.5. The van der Waals surface area contributed by atoms with Gasteiger partial charge < -0.3 is 4.42 Å². The zero-order valence-corrected chi connectivity index (χ0v) is 11.2. The molecule has 0 amide bonds. The van der Waals surface area contributed by atoms with E-state index in [4.69, 9.17) is 4.42 Å². The van der Waals surface area contributed by atoms with Crippen LogP contribution in [0, 0.1) is 5.82 Å². The van der Waals surface area contributed by atoms with E-state index >= 15 is 0 Å². The Morgan fingerprint density at radius 1 is 1.18 bits per heavy atom. The molecule has 3 rings (SSSR count). The van der Waals surface area contributed by atoms with E-state index in [9.17, 15) is 14.0 Å². The van der Waals surface area contributed by atoms with Gasteiger partial charge in [-0.05, 0) is 24.3 Å². The van der Waals surface area contributed by atoms with Crippen LogP contribution in [-0.2, 0) is 11.2 Å². The first-order valence-electron chi connectivity index (χ1n) is 6.42. The summed E-state index contributed by atoms with van der Waals surface area (Å²) in [7, 11) is 0. The molecule has 0 aliphatic rings. The predicted molar refractivity (Wildman–Crippen MR) is 73.5 cm³/mol. The number of Topliss-reactive ketones (excluding diaryl/α,β-unsaturated/α-hetero) is 2. The third kappa shape index (κ3) is 2.69. The second kappa shape index (κ2) is 5.72. The molecule has 0 aliphatic heterocycles. The maximum atomic E-state index is 13.7. The largest absolute Gasteiger partial charge is 0.461 e. The van der Waals surface area contributed by atoms with Gasteiger partial charge in [0.25, 0.3) is 5.78 Å². The summed E-state index contributed by atoms with van der Waals surface area (Å²) < 4.78 is 19.1. The van der Waals surface area contributed by atoms with Gasteiger partial charge in [-0.25, -0.2) is 9.37 Å². The van der Waals surface area contributed by atoms with Crippen molar-refractivity contribution in [2.24, 2.45) is 0 Å². The summed E-state index contributed by atoms with van der Waals surface area (Å²) in [4.78, 5) is 27.2. The van der Waals surface area contributed by atoms with Crippen LogP contribution in [0.4, 0.5) is 4.39 Å². The summed E-state index contributed by atoms with van der Waals surface area (Å²) in [6, 6.07) is 9.22. The minimum Gasteiger partial charge on any atom is -0.461 e. The van der Waals surface area contributed by atoms with Gasteiger partial charge in [0.15, 0.2) is 0 Å². The van der Waals surface area contributed by atoms with Gasteiger partial charge in [-0.15, -0.1) is 5.10 Å². The van der Waals surface area contributed by atoms with Crippen LogP contribution >= 0.6 is 0 Å². The Balaban J connectivity index is 1.76. The molecule has 0 saturated carbocycles. The van der Waals surface area contributed by atoms with Crippen LogP contribution in [0.5, 0.6) is 0 Å². The van der Waals surface area contributed by atoms with Gasteiger partial charge in [0, 0.05) is 0 Å². The first kappa shape index (κ1) is 13.9. The smallest absolute Gasteiger partial charge is 0.268 e. The molecule has 0 aliphatic carbocycles. The lowest BCUT2D eigenvalue weighted by Crippen LogP contribution is -2.17. The highest BCUT2D eigenvalue weighted by Gasteiger charge is 2.21. The van der Waals surface area contributed by atoms with Gasteiger partial charge in [0.1, 0.15) is 23.7 Å². The molecule has 3 aromatic rings. The summed E-state index contributed by atoms with van der Waals surface area (Å²) in [5, 5.41) is 5.92. The van der Waals surface area contributed by atoms with E-state index in [1.54, 1.807) is 24.3 Å². The topological polar surface area (TPSA) is 88.9 Å². The molecule has 1 aromatic carbocycles.